The molecule has 0 saturated carbocycles. The van der Waals surface area contributed by atoms with Crippen LogP contribution in [-0.4, -0.2) is 34.1 Å². The highest BCUT2D eigenvalue weighted by Crippen LogP contribution is 2.32. The topological polar surface area (TPSA) is 69.6 Å². The SMILES string of the molecule is CCC1(C(=O)O)CCCN1C(=O)NCc1ccc(Br)cc1. The monoisotopic (exact) mass is 354 g/mol. The van der Waals surface area contributed by atoms with Gasteiger partial charge in [-0.3, -0.25) is 0 Å². The average Bonchev–Trinajstić information content (AvgIpc) is 2.91. The van der Waals surface area contributed by atoms with Gasteiger partial charge in [0.2, 0.25) is 0 Å². The van der Waals surface area contributed by atoms with Crippen molar-refractivity contribution in [3.63, 3.8) is 0 Å². The Morgan fingerprint density at radius 1 is 1.38 bits per heavy atom. The average molecular weight is 355 g/mol. The highest BCUT2D eigenvalue weighted by atomic mass is 79.9. The third-order valence-electron chi connectivity index (χ3n) is 4.07. The number of carbonyl (C=O) groups excluding carboxylic acids is 1. The zero-order valence-corrected chi connectivity index (χ0v) is 13.5. The van der Waals surface area contributed by atoms with Gasteiger partial charge in [0.25, 0.3) is 0 Å². The molecule has 1 saturated heterocycles. The number of halogens is 1. The third-order valence-corrected chi connectivity index (χ3v) is 4.60. The molecule has 1 aliphatic rings. The molecule has 1 aromatic carbocycles. The standard InChI is InChI=1S/C15H19BrN2O3/c1-2-15(13(19)20)8-3-9-18(15)14(21)17-10-11-4-6-12(16)7-5-11/h4-7H,2-3,8-10H2,1H3,(H,17,21)(H,19,20). The van der Waals surface area contributed by atoms with Crippen molar-refractivity contribution in [2.75, 3.05) is 6.54 Å². The Labute approximate surface area is 132 Å². The van der Waals surface area contributed by atoms with Gasteiger partial charge in [0.05, 0.1) is 0 Å². The van der Waals surface area contributed by atoms with Gasteiger partial charge in [-0.25, -0.2) is 9.59 Å². The van der Waals surface area contributed by atoms with Crippen molar-refractivity contribution in [3.8, 4) is 0 Å². The second kappa shape index (κ2) is 6.47. The molecule has 0 aliphatic carbocycles. The number of hydrogen-bond acceptors (Lipinski definition) is 2. The largest absolute Gasteiger partial charge is 0.479 e. The summed E-state index contributed by atoms with van der Waals surface area (Å²) in [5, 5.41) is 12.3. The first kappa shape index (κ1) is 15.8. The summed E-state index contributed by atoms with van der Waals surface area (Å²) >= 11 is 3.36. The molecule has 0 bridgehead atoms. The molecular formula is C15H19BrN2O3. The molecule has 2 amide bonds. The Hall–Kier alpha value is -1.56. The first-order chi connectivity index (χ1) is 9.99. The first-order valence-corrected chi connectivity index (χ1v) is 7.82. The predicted molar refractivity (Wildman–Crippen MR) is 83.0 cm³/mol. The number of rotatable bonds is 4. The van der Waals surface area contributed by atoms with E-state index in [4.69, 9.17) is 0 Å². The summed E-state index contributed by atoms with van der Waals surface area (Å²) in [6.07, 6.45) is 1.67. The van der Waals surface area contributed by atoms with Crippen molar-refractivity contribution in [1.29, 1.82) is 0 Å². The fraction of sp³-hybridized carbons (Fsp3) is 0.467. The normalized spacial score (nSPS) is 21.3. The minimum atomic E-state index is -1.05. The molecule has 1 unspecified atom stereocenters. The minimum absolute atomic E-state index is 0.306. The van der Waals surface area contributed by atoms with Gasteiger partial charge in [-0.2, -0.15) is 0 Å². The Balaban J connectivity index is 2.02. The van der Waals surface area contributed by atoms with Crippen LogP contribution in [-0.2, 0) is 11.3 Å². The lowest BCUT2D eigenvalue weighted by atomic mass is 9.93. The zero-order chi connectivity index (χ0) is 15.5. The van der Waals surface area contributed by atoms with Gasteiger partial charge in [-0.15, -0.1) is 0 Å². The molecule has 21 heavy (non-hydrogen) atoms. The van der Waals surface area contributed by atoms with Gasteiger partial charge >= 0.3 is 12.0 Å². The number of carbonyl (C=O) groups is 2. The third kappa shape index (κ3) is 3.20. The van der Waals surface area contributed by atoms with Crippen molar-refractivity contribution in [2.24, 2.45) is 0 Å². The van der Waals surface area contributed by atoms with Gasteiger partial charge in [0.15, 0.2) is 0 Å². The van der Waals surface area contributed by atoms with E-state index in [1.165, 1.54) is 4.90 Å². The molecule has 2 rings (SSSR count). The summed E-state index contributed by atoms with van der Waals surface area (Å²) < 4.78 is 0.980. The number of aliphatic carboxylic acids is 1. The lowest BCUT2D eigenvalue weighted by Gasteiger charge is -2.33. The highest BCUT2D eigenvalue weighted by molar-refractivity contribution is 9.10. The number of nitrogens with one attached hydrogen (secondary N) is 1. The van der Waals surface area contributed by atoms with E-state index in [-0.39, 0.29) is 6.03 Å². The van der Waals surface area contributed by atoms with Gasteiger partial charge in [0.1, 0.15) is 5.54 Å². The highest BCUT2D eigenvalue weighted by Gasteiger charge is 2.48. The number of amides is 2. The van der Waals surface area contributed by atoms with E-state index in [0.29, 0.717) is 25.9 Å². The van der Waals surface area contributed by atoms with Crippen molar-refractivity contribution in [3.05, 3.63) is 34.3 Å². The summed E-state index contributed by atoms with van der Waals surface area (Å²) in [6.45, 7) is 2.70. The summed E-state index contributed by atoms with van der Waals surface area (Å²) in [5.74, 6) is -0.915. The van der Waals surface area contributed by atoms with Crippen LogP contribution in [0.25, 0.3) is 0 Å². The number of carboxylic acids is 1. The van der Waals surface area contributed by atoms with E-state index in [2.05, 4.69) is 21.2 Å². The van der Waals surface area contributed by atoms with Crippen LogP contribution in [0.5, 0.6) is 0 Å². The number of hydrogen-bond donors (Lipinski definition) is 2. The van der Waals surface area contributed by atoms with Crippen LogP contribution in [0.2, 0.25) is 0 Å². The second-order valence-electron chi connectivity index (χ2n) is 5.23. The lowest BCUT2D eigenvalue weighted by Crippen LogP contribution is -2.55. The number of likely N-dealkylation sites (tertiary alicyclic amines) is 1. The quantitative estimate of drug-likeness (QED) is 0.872. The second-order valence-corrected chi connectivity index (χ2v) is 6.15. The molecule has 6 heteroatoms. The molecule has 0 aromatic heterocycles. The molecular weight excluding hydrogens is 336 g/mol. The van der Waals surface area contributed by atoms with Crippen molar-refractivity contribution in [1.82, 2.24) is 10.2 Å². The van der Waals surface area contributed by atoms with E-state index in [9.17, 15) is 14.7 Å². The smallest absolute Gasteiger partial charge is 0.329 e. The van der Waals surface area contributed by atoms with Crippen molar-refractivity contribution < 1.29 is 14.7 Å². The predicted octanol–water partition coefficient (Wildman–Crippen LogP) is 2.99. The number of urea groups is 1. The van der Waals surface area contributed by atoms with Crippen LogP contribution >= 0.6 is 15.9 Å². The molecule has 1 aliphatic heterocycles. The van der Waals surface area contributed by atoms with E-state index >= 15 is 0 Å². The van der Waals surface area contributed by atoms with Crippen LogP contribution in [0.15, 0.2) is 28.7 Å². The maximum absolute atomic E-state index is 12.3. The molecule has 0 radical (unpaired) electrons. The van der Waals surface area contributed by atoms with Crippen LogP contribution in [0.1, 0.15) is 31.7 Å². The number of benzene rings is 1. The van der Waals surface area contributed by atoms with E-state index in [0.717, 1.165) is 16.5 Å². The molecule has 1 heterocycles. The van der Waals surface area contributed by atoms with Gasteiger partial charge in [0, 0.05) is 17.6 Å². The maximum atomic E-state index is 12.3. The van der Waals surface area contributed by atoms with E-state index < -0.39 is 11.5 Å². The first-order valence-electron chi connectivity index (χ1n) is 7.03. The molecule has 0 spiro atoms. The summed E-state index contributed by atoms with van der Waals surface area (Å²) in [4.78, 5) is 25.3. The van der Waals surface area contributed by atoms with Crippen LogP contribution in [0.3, 0.4) is 0 Å². The fourth-order valence-corrected chi connectivity index (χ4v) is 3.06. The Bertz CT molecular complexity index is 532. The molecule has 1 atom stereocenters. The van der Waals surface area contributed by atoms with Gasteiger partial charge in [-0.05, 0) is 37.0 Å². The number of carboxylic acid groups (broad SMARTS) is 1. The zero-order valence-electron chi connectivity index (χ0n) is 11.9. The summed E-state index contributed by atoms with van der Waals surface area (Å²) in [5.41, 5.74) is -0.0766. The van der Waals surface area contributed by atoms with Crippen LogP contribution in [0, 0.1) is 0 Å². The molecule has 2 N–H and O–H groups in total. The van der Waals surface area contributed by atoms with Crippen LogP contribution in [0.4, 0.5) is 4.79 Å². The molecule has 1 aromatic rings. The minimum Gasteiger partial charge on any atom is -0.479 e. The molecule has 1 fully saturated rings. The summed E-state index contributed by atoms with van der Waals surface area (Å²) in [7, 11) is 0. The Kier molecular flexibility index (Phi) is 4.88. The fourth-order valence-electron chi connectivity index (χ4n) is 2.79. The van der Waals surface area contributed by atoms with Crippen LogP contribution < -0.4 is 5.32 Å². The number of nitrogens with zero attached hydrogens (tertiary/aromatic N) is 1. The van der Waals surface area contributed by atoms with Gasteiger partial charge in [-0.1, -0.05) is 35.0 Å². The van der Waals surface area contributed by atoms with Crippen molar-refractivity contribution >= 4 is 27.9 Å². The Morgan fingerprint density at radius 2 is 2.05 bits per heavy atom. The molecule has 114 valence electrons. The summed E-state index contributed by atoms with van der Waals surface area (Å²) in [6, 6.07) is 7.34. The molecule has 5 nitrogen and oxygen atoms in total. The lowest BCUT2D eigenvalue weighted by molar-refractivity contribution is -0.148. The van der Waals surface area contributed by atoms with E-state index in [1.807, 2.05) is 31.2 Å². The van der Waals surface area contributed by atoms with E-state index in [1.54, 1.807) is 0 Å². The van der Waals surface area contributed by atoms with Gasteiger partial charge < -0.3 is 15.3 Å². The maximum Gasteiger partial charge on any atom is 0.329 e. The Morgan fingerprint density at radius 3 is 2.62 bits per heavy atom. The van der Waals surface area contributed by atoms with Crippen molar-refractivity contribution in [2.45, 2.75) is 38.3 Å².